The van der Waals surface area contributed by atoms with Crippen molar-refractivity contribution in [2.24, 2.45) is 5.92 Å². The number of sulfonamides is 1. The molecule has 172 valence electrons. The van der Waals surface area contributed by atoms with Gasteiger partial charge < -0.3 is 14.4 Å². The highest BCUT2D eigenvalue weighted by atomic mass is 32.2. The molecule has 2 aliphatic heterocycles. The van der Waals surface area contributed by atoms with E-state index in [9.17, 15) is 13.2 Å². The van der Waals surface area contributed by atoms with Crippen molar-refractivity contribution in [3.8, 4) is 11.5 Å². The molecule has 1 saturated heterocycles. The van der Waals surface area contributed by atoms with E-state index in [0.29, 0.717) is 44.1 Å². The van der Waals surface area contributed by atoms with E-state index in [0.717, 1.165) is 44.9 Å². The van der Waals surface area contributed by atoms with Crippen LogP contribution in [0.25, 0.3) is 0 Å². The second-order valence-electron chi connectivity index (χ2n) is 8.64. The van der Waals surface area contributed by atoms with Crippen LogP contribution in [0.2, 0.25) is 0 Å². The molecule has 1 saturated carbocycles. The number of ether oxygens (including phenoxy) is 2. The van der Waals surface area contributed by atoms with Crippen molar-refractivity contribution in [2.75, 3.05) is 52.5 Å². The van der Waals surface area contributed by atoms with Crippen molar-refractivity contribution in [3.63, 3.8) is 0 Å². The Morgan fingerprint density at radius 1 is 1.00 bits per heavy atom. The lowest BCUT2D eigenvalue weighted by atomic mass is 10.1. The van der Waals surface area contributed by atoms with Gasteiger partial charge in [-0.3, -0.25) is 9.69 Å². The van der Waals surface area contributed by atoms with E-state index in [1.807, 2.05) is 4.90 Å². The highest BCUT2D eigenvalue weighted by molar-refractivity contribution is 7.89. The van der Waals surface area contributed by atoms with Crippen molar-refractivity contribution in [3.05, 3.63) is 18.2 Å². The second kappa shape index (κ2) is 10.2. The van der Waals surface area contributed by atoms with Gasteiger partial charge in [-0.25, -0.2) is 13.1 Å². The quantitative estimate of drug-likeness (QED) is 0.546. The minimum Gasteiger partial charge on any atom is -0.486 e. The summed E-state index contributed by atoms with van der Waals surface area (Å²) in [5.74, 6) is 2.15. The first-order valence-electron chi connectivity index (χ1n) is 11.4. The lowest BCUT2D eigenvalue weighted by Crippen LogP contribution is -2.49. The molecule has 1 aromatic rings. The lowest BCUT2D eigenvalue weighted by Gasteiger charge is -2.34. The number of rotatable bonds is 10. The summed E-state index contributed by atoms with van der Waals surface area (Å²) in [5, 5.41) is 0. The summed E-state index contributed by atoms with van der Waals surface area (Å²) in [5.41, 5.74) is 0. The fraction of sp³-hybridized carbons (Fsp3) is 0.682. The molecule has 9 heteroatoms. The number of amides is 1. The first-order chi connectivity index (χ1) is 15.0. The van der Waals surface area contributed by atoms with Crippen LogP contribution in [0.15, 0.2) is 23.1 Å². The molecule has 0 aromatic heterocycles. The summed E-state index contributed by atoms with van der Waals surface area (Å²) >= 11 is 0. The van der Waals surface area contributed by atoms with Gasteiger partial charge in [0.25, 0.3) is 0 Å². The Morgan fingerprint density at radius 2 is 1.74 bits per heavy atom. The van der Waals surface area contributed by atoms with Gasteiger partial charge >= 0.3 is 0 Å². The van der Waals surface area contributed by atoms with Crippen molar-refractivity contribution in [1.29, 1.82) is 0 Å². The molecule has 3 aliphatic rings. The normalized spacial score (nSPS) is 19.4. The summed E-state index contributed by atoms with van der Waals surface area (Å²) in [7, 11) is -3.59. The molecular weight excluding hydrogens is 418 g/mol. The van der Waals surface area contributed by atoms with Gasteiger partial charge in [0.15, 0.2) is 11.5 Å². The number of carbonyl (C=O) groups excluding carboxylic acids is 1. The summed E-state index contributed by atoms with van der Waals surface area (Å²) in [6, 6.07) is 4.65. The molecule has 0 atom stereocenters. The molecule has 1 aromatic carbocycles. The van der Waals surface area contributed by atoms with Crippen molar-refractivity contribution in [1.82, 2.24) is 14.5 Å². The molecule has 4 rings (SSSR count). The zero-order valence-corrected chi connectivity index (χ0v) is 18.9. The summed E-state index contributed by atoms with van der Waals surface area (Å²) in [6.45, 7) is 6.08. The Kier molecular flexibility index (Phi) is 7.35. The predicted octanol–water partition coefficient (Wildman–Crippen LogP) is 1.85. The van der Waals surface area contributed by atoms with Crippen molar-refractivity contribution < 1.29 is 22.7 Å². The topological polar surface area (TPSA) is 88.2 Å². The van der Waals surface area contributed by atoms with Crippen LogP contribution in [0.3, 0.4) is 0 Å². The van der Waals surface area contributed by atoms with E-state index in [-0.39, 0.29) is 10.8 Å². The van der Waals surface area contributed by atoms with Crippen LogP contribution in [0, 0.1) is 5.92 Å². The number of nitrogens with one attached hydrogen (secondary N) is 1. The van der Waals surface area contributed by atoms with E-state index in [1.165, 1.54) is 31.5 Å². The van der Waals surface area contributed by atoms with E-state index in [2.05, 4.69) is 9.62 Å². The van der Waals surface area contributed by atoms with Gasteiger partial charge in [-0.15, -0.1) is 0 Å². The zero-order chi connectivity index (χ0) is 21.7. The maximum atomic E-state index is 12.5. The molecule has 1 amide bonds. The van der Waals surface area contributed by atoms with Gasteiger partial charge in [-0.05, 0) is 43.7 Å². The van der Waals surface area contributed by atoms with E-state index in [1.54, 1.807) is 6.07 Å². The van der Waals surface area contributed by atoms with Gasteiger partial charge in [0.2, 0.25) is 15.9 Å². The fourth-order valence-electron chi connectivity index (χ4n) is 4.06. The molecular formula is C22H33N3O5S. The van der Waals surface area contributed by atoms with E-state index < -0.39 is 10.0 Å². The third kappa shape index (κ3) is 6.33. The molecule has 0 bridgehead atoms. The maximum absolute atomic E-state index is 12.5. The largest absolute Gasteiger partial charge is 0.486 e. The van der Waals surface area contributed by atoms with Crippen LogP contribution in [0.1, 0.15) is 38.5 Å². The van der Waals surface area contributed by atoms with Gasteiger partial charge in [-0.2, -0.15) is 0 Å². The number of fused-ring (bicyclic) bond motifs is 1. The van der Waals surface area contributed by atoms with Gasteiger partial charge in [0.1, 0.15) is 13.2 Å². The third-order valence-corrected chi connectivity index (χ3v) is 7.58. The standard InChI is InChI=1S/C22H33N3O5S/c26-22(25-12-10-24(11-13-25)17-18-5-6-18)4-2-1-3-9-23-31(27,28)19-7-8-20-21(16-19)30-15-14-29-20/h7-8,16,18,23H,1-6,9-15,17H2. The fourth-order valence-corrected chi connectivity index (χ4v) is 5.15. The number of carbonyl (C=O) groups is 1. The lowest BCUT2D eigenvalue weighted by molar-refractivity contribution is -0.133. The smallest absolute Gasteiger partial charge is 0.240 e. The van der Waals surface area contributed by atoms with Crippen LogP contribution in [-0.2, 0) is 14.8 Å². The molecule has 8 nitrogen and oxygen atoms in total. The molecule has 0 radical (unpaired) electrons. The highest BCUT2D eigenvalue weighted by Crippen LogP contribution is 2.32. The predicted molar refractivity (Wildman–Crippen MR) is 117 cm³/mol. The zero-order valence-electron chi connectivity index (χ0n) is 18.1. The maximum Gasteiger partial charge on any atom is 0.240 e. The summed E-state index contributed by atoms with van der Waals surface area (Å²) in [6.07, 6.45) is 5.58. The molecule has 2 fully saturated rings. The van der Waals surface area contributed by atoms with Crippen LogP contribution in [0.4, 0.5) is 0 Å². The van der Waals surface area contributed by atoms with Gasteiger partial charge in [-0.1, -0.05) is 6.42 Å². The number of benzene rings is 1. The SMILES string of the molecule is O=C(CCCCCNS(=O)(=O)c1ccc2c(c1)OCCO2)N1CCN(CC2CC2)CC1. The summed E-state index contributed by atoms with van der Waals surface area (Å²) in [4.78, 5) is 17.0. The Hall–Kier alpha value is -1.84. The Balaban J connectivity index is 1.11. The number of nitrogens with zero attached hydrogens (tertiary/aromatic N) is 2. The summed E-state index contributed by atoms with van der Waals surface area (Å²) < 4.78 is 38.5. The minimum atomic E-state index is -3.59. The third-order valence-electron chi connectivity index (χ3n) is 6.12. The number of hydrogen-bond donors (Lipinski definition) is 1. The molecule has 1 N–H and O–H groups in total. The average Bonchev–Trinajstić information content (AvgIpc) is 3.60. The van der Waals surface area contributed by atoms with Crippen LogP contribution >= 0.6 is 0 Å². The molecule has 0 unspecified atom stereocenters. The van der Waals surface area contributed by atoms with Crippen LogP contribution < -0.4 is 14.2 Å². The Bertz CT molecular complexity index is 864. The Labute approximate surface area is 184 Å². The highest BCUT2D eigenvalue weighted by Gasteiger charge is 2.27. The van der Waals surface area contributed by atoms with Gasteiger partial charge in [0, 0.05) is 51.8 Å². The van der Waals surface area contributed by atoms with Gasteiger partial charge in [0.05, 0.1) is 4.90 Å². The monoisotopic (exact) mass is 451 g/mol. The van der Waals surface area contributed by atoms with Crippen LogP contribution in [0.5, 0.6) is 11.5 Å². The molecule has 1 aliphatic carbocycles. The number of piperazine rings is 1. The minimum absolute atomic E-state index is 0.174. The molecule has 0 spiro atoms. The average molecular weight is 452 g/mol. The first kappa shape index (κ1) is 22.4. The Morgan fingerprint density at radius 3 is 2.48 bits per heavy atom. The van der Waals surface area contributed by atoms with E-state index in [4.69, 9.17) is 9.47 Å². The second-order valence-corrected chi connectivity index (χ2v) is 10.4. The van der Waals surface area contributed by atoms with Crippen molar-refractivity contribution >= 4 is 15.9 Å². The van der Waals surface area contributed by atoms with E-state index >= 15 is 0 Å². The van der Waals surface area contributed by atoms with Crippen LogP contribution in [-0.4, -0.2) is 76.6 Å². The molecule has 31 heavy (non-hydrogen) atoms. The number of unbranched alkanes of at least 4 members (excludes halogenated alkanes) is 2. The number of hydrogen-bond acceptors (Lipinski definition) is 6. The first-order valence-corrected chi connectivity index (χ1v) is 12.9. The van der Waals surface area contributed by atoms with Crippen molar-refractivity contribution in [2.45, 2.75) is 43.4 Å². The molecule has 2 heterocycles.